The molecule has 0 aliphatic heterocycles. The number of nitrogens with one attached hydrogen (secondary N) is 1. The second-order valence-corrected chi connectivity index (χ2v) is 9.60. The van der Waals surface area contributed by atoms with Gasteiger partial charge in [0, 0.05) is 30.2 Å². The van der Waals surface area contributed by atoms with Crippen LogP contribution in [-0.2, 0) is 11.8 Å². The molecule has 0 unspecified atom stereocenters. The maximum absolute atomic E-state index is 13.0. The van der Waals surface area contributed by atoms with Gasteiger partial charge in [0.05, 0.1) is 24.7 Å². The molecular formula is C28H32N4O5S. The first-order valence-corrected chi connectivity index (χ1v) is 13.2. The van der Waals surface area contributed by atoms with Gasteiger partial charge in [0.15, 0.2) is 11.5 Å². The van der Waals surface area contributed by atoms with Crippen LogP contribution in [0.4, 0.5) is 5.69 Å². The number of ether oxygens (including phenoxy) is 3. The fraction of sp³-hybridized carbons (Fsp3) is 0.321. The number of hydrogen-bond donors (Lipinski definition) is 1. The molecule has 0 aliphatic rings. The molecule has 1 amide bonds. The lowest BCUT2D eigenvalue weighted by Crippen LogP contribution is -2.27. The van der Waals surface area contributed by atoms with Crippen molar-refractivity contribution in [2.75, 3.05) is 45.8 Å². The molecule has 0 spiro atoms. The quantitative estimate of drug-likeness (QED) is 0.268. The van der Waals surface area contributed by atoms with Crippen molar-refractivity contribution in [1.29, 1.82) is 0 Å². The van der Waals surface area contributed by atoms with Crippen LogP contribution in [0.5, 0.6) is 11.5 Å². The van der Waals surface area contributed by atoms with E-state index in [1.54, 1.807) is 43.2 Å². The topological polar surface area (TPSA) is 94.9 Å². The lowest BCUT2D eigenvalue weighted by Gasteiger charge is -2.17. The van der Waals surface area contributed by atoms with Crippen molar-refractivity contribution in [3.8, 4) is 22.8 Å². The summed E-state index contributed by atoms with van der Waals surface area (Å²) in [4.78, 5) is 29.0. The first-order valence-electron chi connectivity index (χ1n) is 12.4. The summed E-state index contributed by atoms with van der Waals surface area (Å²) in [6.07, 6.45) is 0. The number of hydrogen-bond acceptors (Lipinski definition) is 8. The van der Waals surface area contributed by atoms with E-state index in [0.29, 0.717) is 40.8 Å². The Morgan fingerprint density at radius 3 is 2.37 bits per heavy atom. The van der Waals surface area contributed by atoms with E-state index < -0.39 is 0 Å². The number of anilines is 1. The number of nitrogens with zero attached hydrogens (tertiary/aromatic N) is 3. The number of methoxy groups -OCH3 is 2. The fourth-order valence-electron chi connectivity index (χ4n) is 4.12. The van der Waals surface area contributed by atoms with Crippen LogP contribution < -0.4 is 14.8 Å². The number of likely N-dealkylation sites (N-methyl/N-ethyl adjacent to an activating group) is 1. The van der Waals surface area contributed by atoms with Gasteiger partial charge < -0.3 is 24.4 Å². The second-order valence-electron chi connectivity index (χ2n) is 8.57. The Bertz CT molecular complexity index is 1420. The van der Waals surface area contributed by atoms with E-state index in [4.69, 9.17) is 14.2 Å². The number of rotatable bonds is 11. The number of thiophene rings is 1. The maximum atomic E-state index is 13.0. The molecule has 4 aromatic rings. The molecule has 4 rings (SSSR count). The molecule has 2 heterocycles. The van der Waals surface area contributed by atoms with Crippen LogP contribution in [0.1, 0.15) is 33.9 Å². The molecule has 0 radical (unpaired) electrons. The van der Waals surface area contributed by atoms with Crippen molar-refractivity contribution in [2.24, 2.45) is 7.05 Å². The maximum Gasteiger partial charge on any atom is 0.338 e. The van der Waals surface area contributed by atoms with Crippen molar-refractivity contribution < 1.29 is 23.8 Å². The lowest BCUT2D eigenvalue weighted by molar-refractivity contribution is 0.0466. The minimum absolute atomic E-state index is 0.237. The summed E-state index contributed by atoms with van der Waals surface area (Å²) < 4.78 is 17.9. The zero-order valence-electron chi connectivity index (χ0n) is 22.2. The van der Waals surface area contributed by atoms with E-state index in [9.17, 15) is 9.59 Å². The normalized spacial score (nSPS) is 11.1. The molecule has 38 heavy (non-hydrogen) atoms. The Balaban J connectivity index is 1.46. The molecule has 0 saturated carbocycles. The van der Waals surface area contributed by atoms with Crippen LogP contribution in [0.25, 0.3) is 21.5 Å². The van der Waals surface area contributed by atoms with Crippen molar-refractivity contribution in [1.82, 2.24) is 14.7 Å². The third-order valence-electron chi connectivity index (χ3n) is 6.31. The Hall–Kier alpha value is -3.89. The van der Waals surface area contributed by atoms with Crippen LogP contribution in [0.3, 0.4) is 0 Å². The second kappa shape index (κ2) is 12.1. The van der Waals surface area contributed by atoms with E-state index in [2.05, 4.69) is 29.2 Å². The smallest absolute Gasteiger partial charge is 0.338 e. The third-order valence-corrected chi connectivity index (χ3v) is 7.51. The van der Waals surface area contributed by atoms with Crippen molar-refractivity contribution in [3.05, 3.63) is 59.0 Å². The molecule has 200 valence electrons. The minimum atomic E-state index is -0.380. The van der Waals surface area contributed by atoms with Gasteiger partial charge in [-0.05, 0) is 61.6 Å². The Labute approximate surface area is 225 Å². The zero-order valence-corrected chi connectivity index (χ0v) is 23.1. The Kier molecular flexibility index (Phi) is 8.65. The average molecular weight is 537 g/mol. The number of carbonyl (C=O) groups excluding carboxylic acids is 2. The number of aromatic nitrogens is 2. The van der Waals surface area contributed by atoms with Gasteiger partial charge in [-0.3, -0.25) is 9.48 Å². The fourth-order valence-corrected chi connectivity index (χ4v) is 5.09. The predicted octanol–water partition coefficient (Wildman–Crippen LogP) is 5.07. The standard InChI is InChI=1S/C28H32N4O5S/c1-6-32(7-2)14-15-37-28(34)18-8-11-20(12-9-18)29-26(33)24-17-21-25(30-31(3)27(21)38-24)19-10-13-22(35-4)23(16-19)36-5/h8-13,16-17H,6-7,14-15H2,1-5H3,(H,29,33). The highest BCUT2D eigenvalue weighted by Gasteiger charge is 2.19. The summed E-state index contributed by atoms with van der Waals surface area (Å²) in [5, 5.41) is 8.43. The summed E-state index contributed by atoms with van der Waals surface area (Å²) in [6, 6.07) is 14.2. The van der Waals surface area contributed by atoms with Crippen LogP contribution in [0.15, 0.2) is 48.5 Å². The van der Waals surface area contributed by atoms with Crippen molar-refractivity contribution >= 4 is 39.1 Å². The molecule has 1 N–H and O–H groups in total. The molecule has 2 aromatic heterocycles. The van der Waals surface area contributed by atoms with Gasteiger partial charge >= 0.3 is 5.97 Å². The summed E-state index contributed by atoms with van der Waals surface area (Å²) in [6.45, 7) is 7.01. The number of aryl methyl sites for hydroxylation is 1. The predicted molar refractivity (Wildman–Crippen MR) is 150 cm³/mol. The minimum Gasteiger partial charge on any atom is -0.493 e. The Morgan fingerprint density at radius 2 is 1.71 bits per heavy atom. The number of carbonyl (C=O) groups is 2. The highest BCUT2D eigenvalue weighted by molar-refractivity contribution is 7.20. The lowest BCUT2D eigenvalue weighted by atomic mass is 10.1. The number of fused-ring (bicyclic) bond motifs is 1. The van der Waals surface area contributed by atoms with E-state index in [0.717, 1.165) is 34.6 Å². The monoisotopic (exact) mass is 536 g/mol. The summed E-state index contributed by atoms with van der Waals surface area (Å²) >= 11 is 1.36. The molecule has 0 bridgehead atoms. The third kappa shape index (κ3) is 5.81. The van der Waals surface area contributed by atoms with Gasteiger partial charge in [-0.2, -0.15) is 5.10 Å². The summed E-state index contributed by atoms with van der Waals surface area (Å²) in [5.41, 5.74) is 2.64. The zero-order chi connectivity index (χ0) is 27.2. The van der Waals surface area contributed by atoms with Gasteiger partial charge in [0.25, 0.3) is 5.91 Å². The first kappa shape index (κ1) is 27.2. The first-order chi connectivity index (χ1) is 18.4. The van der Waals surface area contributed by atoms with Crippen molar-refractivity contribution in [2.45, 2.75) is 13.8 Å². The Morgan fingerprint density at radius 1 is 1.00 bits per heavy atom. The van der Waals surface area contributed by atoms with Gasteiger partial charge in [0.2, 0.25) is 0 Å². The largest absolute Gasteiger partial charge is 0.493 e. The van der Waals surface area contributed by atoms with Gasteiger partial charge in [-0.1, -0.05) is 13.8 Å². The molecule has 2 aromatic carbocycles. The summed E-state index contributed by atoms with van der Waals surface area (Å²) in [7, 11) is 5.03. The number of benzene rings is 2. The highest BCUT2D eigenvalue weighted by Crippen LogP contribution is 2.37. The van der Waals surface area contributed by atoms with E-state index in [1.165, 1.54) is 11.3 Å². The summed E-state index contributed by atoms with van der Waals surface area (Å²) in [5.74, 6) is 0.620. The molecule has 0 fully saturated rings. The molecule has 10 heteroatoms. The molecular weight excluding hydrogens is 504 g/mol. The molecule has 0 saturated heterocycles. The van der Waals surface area contributed by atoms with Crippen molar-refractivity contribution in [3.63, 3.8) is 0 Å². The van der Waals surface area contributed by atoms with Crippen LogP contribution in [-0.4, -0.2) is 67.0 Å². The SMILES string of the molecule is CCN(CC)CCOC(=O)c1ccc(NC(=O)c2cc3c(-c4ccc(OC)c(OC)c4)nn(C)c3s2)cc1. The highest BCUT2D eigenvalue weighted by atomic mass is 32.1. The van der Waals surface area contributed by atoms with Gasteiger partial charge in [0.1, 0.15) is 17.1 Å². The molecule has 0 aliphatic carbocycles. The van der Waals surface area contributed by atoms with Gasteiger partial charge in [-0.15, -0.1) is 11.3 Å². The van der Waals surface area contributed by atoms with Crippen LogP contribution in [0, 0.1) is 0 Å². The van der Waals surface area contributed by atoms with Gasteiger partial charge in [-0.25, -0.2) is 4.79 Å². The number of esters is 1. The molecule has 0 atom stereocenters. The van der Waals surface area contributed by atoms with E-state index in [1.807, 2.05) is 31.3 Å². The van der Waals surface area contributed by atoms with Crippen LogP contribution in [0.2, 0.25) is 0 Å². The van der Waals surface area contributed by atoms with E-state index >= 15 is 0 Å². The molecule has 9 nitrogen and oxygen atoms in total. The van der Waals surface area contributed by atoms with E-state index in [-0.39, 0.29) is 11.9 Å². The number of amides is 1. The average Bonchev–Trinajstić information content (AvgIpc) is 3.51. The van der Waals surface area contributed by atoms with Crippen LogP contribution >= 0.6 is 11.3 Å².